The van der Waals surface area contributed by atoms with E-state index in [1.54, 1.807) is 10.6 Å². The van der Waals surface area contributed by atoms with Crippen molar-refractivity contribution in [2.75, 3.05) is 7.11 Å². The summed E-state index contributed by atoms with van der Waals surface area (Å²) in [6.45, 7) is 6.12. The minimum absolute atomic E-state index is 0.0889. The van der Waals surface area contributed by atoms with Gasteiger partial charge in [-0.25, -0.2) is 4.79 Å². The Kier molecular flexibility index (Phi) is 7.89. The van der Waals surface area contributed by atoms with Crippen LogP contribution in [0.3, 0.4) is 0 Å². The molecule has 0 fully saturated rings. The number of carbonyl (C=O) groups is 2. The number of esters is 1. The molecule has 1 atom stereocenters. The van der Waals surface area contributed by atoms with Crippen LogP contribution in [0.15, 0.2) is 35.1 Å². The van der Waals surface area contributed by atoms with Gasteiger partial charge in [-0.1, -0.05) is 56.5 Å². The average molecular weight is 439 g/mol. The highest BCUT2D eigenvalue weighted by molar-refractivity contribution is 5.96. The summed E-state index contributed by atoms with van der Waals surface area (Å²) in [6.07, 6.45) is 6.03. The fourth-order valence-electron chi connectivity index (χ4n) is 4.28. The van der Waals surface area contributed by atoms with E-state index in [1.807, 2.05) is 45.0 Å². The van der Waals surface area contributed by atoms with Gasteiger partial charge in [0.1, 0.15) is 11.6 Å². The lowest BCUT2D eigenvalue weighted by atomic mass is 9.95. The molecule has 32 heavy (non-hydrogen) atoms. The van der Waals surface area contributed by atoms with Crippen LogP contribution in [0.5, 0.6) is 0 Å². The molecule has 1 heterocycles. The summed E-state index contributed by atoms with van der Waals surface area (Å²) in [5.74, 6) is -1.20. The first-order valence-corrected chi connectivity index (χ1v) is 11.5. The highest BCUT2D eigenvalue weighted by Gasteiger charge is 2.28. The Labute approximate surface area is 190 Å². The molecule has 1 aromatic carbocycles. The number of hydrogen-bond acceptors (Lipinski definition) is 4. The van der Waals surface area contributed by atoms with E-state index in [1.165, 1.54) is 7.11 Å². The number of aryl methyl sites for hydroxylation is 2. The van der Waals surface area contributed by atoms with Crippen LogP contribution in [0.2, 0.25) is 0 Å². The zero-order valence-corrected chi connectivity index (χ0v) is 19.6. The summed E-state index contributed by atoms with van der Waals surface area (Å²) >= 11 is 0. The van der Waals surface area contributed by atoms with Crippen molar-refractivity contribution in [3.8, 4) is 0 Å². The molecular formula is C26H34N2O4. The van der Waals surface area contributed by atoms with Gasteiger partial charge in [0.05, 0.1) is 13.7 Å². The summed E-state index contributed by atoms with van der Waals surface area (Å²) < 4.78 is 6.60. The van der Waals surface area contributed by atoms with Crippen molar-refractivity contribution >= 4 is 11.9 Å². The molecule has 0 saturated carbocycles. The molecule has 1 aromatic heterocycles. The molecule has 1 aliphatic rings. The van der Waals surface area contributed by atoms with Crippen LogP contribution in [-0.2, 0) is 28.9 Å². The Hall–Kier alpha value is -2.89. The van der Waals surface area contributed by atoms with Crippen molar-refractivity contribution in [3.63, 3.8) is 0 Å². The van der Waals surface area contributed by atoms with Gasteiger partial charge < -0.3 is 14.6 Å². The first kappa shape index (κ1) is 23.8. The second kappa shape index (κ2) is 10.6. The summed E-state index contributed by atoms with van der Waals surface area (Å²) in [6, 6.07) is 9.05. The lowest BCUT2D eigenvalue weighted by Crippen LogP contribution is -2.47. The number of ether oxygens (including phenoxy) is 1. The largest absolute Gasteiger partial charge is 0.467 e. The third kappa shape index (κ3) is 5.47. The van der Waals surface area contributed by atoms with Gasteiger partial charge in [0.15, 0.2) is 0 Å². The molecule has 2 aromatic rings. The van der Waals surface area contributed by atoms with Gasteiger partial charge in [0.25, 0.3) is 11.5 Å². The van der Waals surface area contributed by atoms with Gasteiger partial charge in [0, 0.05) is 5.69 Å². The van der Waals surface area contributed by atoms with Crippen LogP contribution in [-0.4, -0.2) is 29.6 Å². The molecule has 0 saturated heterocycles. The second-order valence-electron chi connectivity index (χ2n) is 9.04. The third-order valence-corrected chi connectivity index (χ3v) is 6.21. The minimum Gasteiger partial charge on any atom is -0.467 e. The average Bonchev–Trinajstić information content (AvgIpc) is 2.75. The molecule has 0 aliphatic heterocycles. The fourth-order valence-corrected chi connectivity index (χ4v) is 4.28. The van der Waals surface area contributed by atoms with E-state index in [4.69, 9.17) is 4.74 Å². The Morgan fingerprint density at radius 2 is 1.72 bits per heavy atom. The summed E-state index contributed by atoms with van der Waals surface area (Å²) in [5.41, 5.74) is 4.04. The van der Waals surface area contributed by atoms with Crippen molar-refractivity contribution in [3.05, 3.63) is 68.6 Å². The Morgan fingerprint density at radius 3 is 2.34 bits per heavy atom. The van der Waals surface area contributed by atoms with E-state index in [0.717, 1.165) is 60.9 Å². The lowest BCUT2D eigenvalue weighted by molar-refractivity contribution is -0.144. The van der Waals surface area contributed by atoms with Crippen molar-refractivity contribution in [1.29, 1.82) is 0 Å². The maximum atomic E-state index is 13.5. The lowest BCUT2D eigenvalue weighted by Gasteiger charge is -2.23. The van der Waals surface area contributed by atoms with E-state index in [-0.39, 0.29) is 17.0 Å². The molecule has 3 rings (SSSR count). The van der Waals surface area contributed by atoms with Crippen LogP contribution in [0.4, 0.5) is 0 Å². The van der Waals surface area contributed by atoms with Crippen LogP contribution in [0.1, 0.15) is 72.3 Å². The van der Waals surface area contributed by atoms with Crippen molar-refractivity contribution < 1.29 is 14.3 Å². The molecule has 1 amide bonds. The van der Waals surface area contributed by atoms with Crippen molar-refractivity contribution in [2.45, 2.75) is 71.9 Å². The molecule has 6 nitrogen and oxygen atoms in total. The first-order valence-electron chi connectivity index (χ1n) is 11.5. The molecule has 0 spiro atoms. The van der Waals surface area contributed by atoms with Crippen LogP contribution in [0, 0.1) is 12.8 Å². The molecule has 1 unspecified atom stereocenters. The monoisotopic (exact) mass is 438 g/mol. The zero-order chi connectivity index (χ0) is 23.3. The van der Waals surface area contributed by atoms with E-state index in [2.05, 4.69) is 5.32 Å². The maximum absolute atomic E-state index is 13.5. The van der Waals surface area contributed by atoms with E-state index in [0.29, 0.717) is 6.54 Å². The van der Waals surface area contributed by atoms with Crippen LogP contribution in [0.25, 0.3) is 0 Å². The summed E-state index contributed by atoms with van der Waals surface area (Å²) in [5, 5.41) is 2.73. The molecule has 0 radical (unpaired) electrons. The Morgan fingerprint density at radius 1 is 1.06 bits per heavy atom. The number of aromatic nitrogens is 1. The number of rotatable bonds is 6. The third-order valence-electron chi connectivity index (χ3n) is 6.21. The summed E-state index contributed by atoms with van der Waals surface area (Å²) in [7, 11) is 1.30. The van der Waals surface area contributed by atoms with Gasteiger partial charge in [-0.05, 0) is 55.7 Å². The molecule has 1 N–H and O–H groups in total. The fraction of sp³-hybridized carbons (Fsp3) is 0.500. The number of nitrogens with zero attached hydrogens (tertiary/aromatic N) is 1. The smallest absolute Gasteiger partial charge is 0.328 e. The number of nitrogens with one attached hydrogen (secondary N) is 1. The summed E-state index contributed by atoms with van der Waals surface area (Å²) in [4.78, 5) is 38.8. The number of hydrogen-bond donors (Lipinski definition) is 1. The topological polar surface area (TPSA) is 77.4 Å². The number of amides is 1. The Balaban J connectivity index is 2.05. The van der Waals surface area contributed by atoms with Crippen molar-refractivity contribution in [2.24, 2.45) is 5.92 Å². The molecule has 0 bridgehead atoms. The van der Waals surface area contributed by atoms with Crippen LogP contribution >= 0.6 is 0 Å². The number of carbonyl (C=O) groups excluding carboxylic acids is 2. The second-order valence-corrected chi connectivity index (χ2v) is 9.04. The number of benzene rings is 1. The molecule has 6 heteroatoms. The number of fused-ring (bicyclic) bond motifs is 1. The SMILES string of the molecule is COC(=O)C(NC(=O)c1cc2c(n(Cc3ccc(C)cc3)c1=O)CCCCCC2)C(C)C. The molecule has 1 aliphatic carbocycles. The zero-order valence-electron chi connectivity index (χ0n) is 19.6. The Bertz CT molecular complexity index is 1020. The number of pyridine rings is 1. The van der Waals surface area contributed by atoms with Gasteiger partial charge in [-0.2, -0.15) is 0 Å². The first-order chi connectivity index (χ1) is 15.3. The minimum atomic E-state index is -0.806. The van der Waals surface area contributed by atoms with Gasteiger partial charge in [0.2, 0.25) is 0 Å². The quantitative estimate of drug-likeness (QED) is 0.696. The van der Waals surface area contributed by atoms with Gasteiger partial charge in [-0.3, -0.25) is 9.59 Å². The van der Waals surface area contributed by atoms with E-state index >= 15 is 0 Å². The standard InChI is InChI=1S/C26H34N2O4/c1-17(2)23(26(31)32-4)27-24(29)21-15-20-9-7-5-6-8-10-22(20)28(25(21)30)16-19-13-11-18(3)12-14-19/h11-15,17,23H,5-10,16H2,1-4H3,(H,27,29). The van der Waals surface area contributed by atoms with Gasteiger partial charge >= 0.3 is 5.97 Å². The van der Waals surface area contributed by atoms with Gasteiger partial charge in [-0.15, -0.1) is 0 Å². The molecular weight excluding hydrogens is 404 g/mol. The predicted molar refractivity (Wildman–Crippen MR) is 125 cm³/mol. The van der Waals surface area contributed by atoms with Crippen molar-refractivity contribution in [1.82, 2.24) is 9.88 Å². The number of methoxy groups -OCH3 is 1. The molecule has 172 valence electrons. The van der Waals surface area contributed by atoms with E-state index < -0.39 is 17.9 Å². The normalized spacial score (nSPS) is 14.8. The van der Waals surface area contributed by atoms with Crippen LogP contribution < -0.4 is 10.9 Å². The van der Waals surface area contributed by atoms with E-state index in [9.17, 15) is 14.4 Å². The maximum Gasteiger partial charge on any atom is 0.328 e. The highest BCUT2D eigenvalue weighted by Crippen LogP contribution is 2.21. The predicted octanol–water partition coefficient (Wildman–Crippen LogP) is 3.79. The highest BCUT2D eigenvalue weighted by atomic mass is 16.5.